The van der Waals surface area contributed by atoms with E-state index in [4.69, 9.17) is 8.54 Å². The summed E-state index contributed by atoms with van der Waals surface area (Å²) >= 11 is 0. The van der Waals surface area contributed by atoms with Crippen molar-refractivity contribution in [2.45, 2.75) is 33.1 Å². The number of rotatable bonds is 4. The summed E-state index contributed by atoms with van der Waals surface area (Å²) in [4.78, 5) is 0. The Morgan fingerprint density at radius 1 is 1.30 bits per heavy atom. The molecule has 61 valence electrons. The predicted molar refractivity (Wildman–Crippen MR) is 47.7 cm³/mol. The molecule has 0 N–H and O–H groups in total. The first-order valence-corrected chi connectivity index (χ1v) is 8.83. The molecule has 0 aliphatic rings. The van der Waals surface area contributed by atoms with Crippen LogP contribution in [0.1, 0.15) is 6.92 Å². The van der Waals surface area contributed by atoms with Crippen molar-refractivity contribution in [2.75, 3.05) is 6.61 Å². The Hall–Kier alpha value is 0.354. The molecule has 2 nitrogen and oxygen atoms in total. The Kier molecular flexibility index (Phi) is 4.43. The molecule has 10 heavy (non-hydrogen) atoms. The summed E-state index contributed by atoms with van der Waals surface area (Å²) in [6.07, 6.45) is 0. The summed E-state index contributed by atoms with van der Waals surface area (Å²) < 4.78 is 11.0. The van der Waals surface area contributed by atoms with Gasteiger partial charge in [0.25, 0.3) is 0 Å². The second-order valence-corrected chi connectivity index (χ2v) is 9.45. The van der Waals surface area contributed by atoms with Crippen molar-refractivity contribution in [1.29, 1.82) is 0 Å². The van der Waals surface area contributed by atoms with Crippen LogP contribution in [0.4, 0.5) is 0 Å². The van der Waals surface area contributed by atoms with Crippen molar-refractivity contribution in [3.8, 4) is 0 Å². The quantitative estimate of drug-likeness (QED) is 0.612. The van der Waals surface area contributed by atoms with Crippen molar-refractivity contribution in [1.82, 2.24) is 0 Å². The summed E-state index contributed by atoms with van der Waals surface area (Å²) in [6.45, 7) is 11.4. The average molecular weight is 177 g/mol. The Morgan fingerprint density at radius 3 is 2.10 bits per heavy atom. The van der Waals surface area contributed by atoms with Crippen molar-refractivity contribution >= 4 is 17.6 Å². The minimum Gasteiger partial charge on any atom is -0.435 e. The summed E-state index contributed by atoms with van der Waals surface area (Å²) in [5.41, 5.74) is 0. The minimum atomic E-state index is -1.34. The van der Waals surface area contributed by atoms with Gasteiger partial charge >= 0.3 is 9.28 Å². The van der Waals surface area contributed by atoms with E-state index in [2.05, 4.69) is 19.6 Å². The third-order valence-corrected chi connectivity index (χ3v) is 5.09. The van der Waals surface area contributed by atoms with E-state index >= 15 is 0 Å². The lowest BCUT2D eigenvalue weighted by molar-refractivity contribution is 0.286. The molecule has 0 aliphatic heterocycles. The lowest BCUT2D eigenvalue weighted by Gasteiger charge is -2.20. The van der Waals surface area contributed by atoms with Gasteiger partial charge < -0.3 is 8.54 Å². The van der Waals surface area contributed by atoms with Crippen LogP contribution in [0, 0.1) is 0 Å². The van der Waals surface area contributed by atoms with Crippen LogP contribution < -0.4 is 0 Å². The number of hydrogen-bond acceptors (Lipinski definition) is 2. The largest absolute Gasteiger partial charge is 0.435 e. The molecule has 0 bridgehead atoms. The topological polar surface area (TPSA) is 18.5 Å². The van der Waals surface area contributed by atoms with E-state index in [0.717, 1.165) is 6.61 Å². The van der Waals surface area contributed by atoms with Gasteiger partial charge in [-0.1, -0.05) is 0 Å². The van der Waals surface area contributed by atoms with Crippen molar-refractivity contribution < 1.29 is 8.54 Å². The molecule has 0 aromatic heterocycles. The molecule has 0 amide bonds. The molecular weight excluding hydrogens is 160 g/mol. The average Bonchev–Trinajstić information content (AvgIpc) is 1.59. The standard InChI is InChI=1S/C6H17O2Si2/c1-6-7-9(2)8-10(3,4)5/h6H2,1-5H3. The van der Waals surface area contributed by atoms with Gasteiger partial charge in [-0.15, -0.1) is 0 Å². The molecule has 0 aliphatic carbocycles. The third kappa shape index (κ3) is 6.47. The summed E-state index contributed by atoms with van der Waals surface area (Å²) in [5.74, 6) is 0. The molecule has 0 fully saturated rings. The van der Waals surface area contributed by atoms with Crippen LogP contribution in [0.2, 0.25) is 26.2 Å². The van der Waals surface area contributed by atoms with Crippen molar-refractivity contribution in [2.24, 2.45) is 0 Å². The normalized spacial score (nSPS) is 12.6. The van der Waals surface area contributed by atoms with Crippen LogP contribution >= 0.6 is 0 Å². The highest BCUT2D eigenvalue weighted by Crippen LogP contribution is 2.05. The lowest BCUT2D eigenvalue weighted by Crippen LogP contribution is -2.34. The van der Waals surface area contributed by atoms with E-state index in [1.54, 1.807) is 0 Å². The summed E-state index contributed by atoms with van der Waals surface area (Å²) in [5, 5.41) is 0. The van der Waals surface area contributed by atoms with E-state index < -0.39 is 17.6 Å². The zero-order valence-corrected chi connectivity index (χ0v) is 9.52. The SMILES string of the molecule is CCO[Si](C)O[Si](C)(C)C. The van der Waals surface area contributed by atoms with E-state index in [0.29, 0.717) is 0 Å². The molecular formula is C6H17O2Si2. The molecule has 0 aromatic carbocycles. The zero-order valence-electron chi connectivity index (χ0n) is 7.52. The maximum absolute atomic E-state index is 5.70. The summed E-state index contributed by atoms with van der Waals surface area (Å²) in [7, 11) is -2.27. The lowest BCUT2D eigenvalue weighted by atomic mass is 10.9. The second-order valence-electron chi connectivity index (χ2n) is 3.14. The van der Waals surface area contributed by atoms with Gasteiger partial charge in [-0.3, -0.25) is 0 Å². The zero-order chi connectivity index (χ0) is 8.20. The monoisotopic (exact) mass is 177 g/mol. The van der Waals surface area contributed by atoms with Crippen molar-refractivity contribution in [3.05, 3.63) is 0 Å². The Morgan fingerprint density at radius 2 is 1.80 bits per heavy atom. The van der Waals surface area contributed by atoms with Gasteiger partial charge in [-0.25, -0.2) is 0 Å². The number of hydrogen-bond donors (Lipinski definition) is 0. The molecule has 1 radical (unpaired) electrons. The van der Waals surface area contributed by atoms with Gasteiger partial charge in [0, 0.05) is 6.61 Å². The van der Waals surface area contributed by atoms with E-state index in [1.807, 2.05) is 13.5 Å². The fraction of sp³-hybridized carbons (Fsp3) is 1.00. The van der Waals surface area contributed by atoms with E-state index in [-0.39, 0.29) is 0 Å². The fourth-order valence-electron chi connectivity index (χ4n) is 0.664. The predicted octanol–water partition coefficient (Wildman–Crippen LogP) is 1.99. The molecule has 0 spiro atoms. The molecule has 0 aromatic rings. The van der Waals surface area contributed by atoms with Crippen LogP contribution in [0.5, 0.6) is 0 Å². The van der Waals surface area contributed by atoms with Gasteiger partial charge in [-0.05, 0) is 33.1 Å². The van der Waals surface area contributed by atoms with Gasteiger partial charge in [0.1, 0.15) is 0 Å². The fourth-order valence-corrected chi connectivity index (χ4v) is 4.76. The first-order chi connectivity index (χ1) is 4.45. The van der Waals surface area contributed by atoms with Crippen LogP contribution in [-0.4, -0.2) is 24.2 Å². The van der Waals surface area contributed by atoms with E-state index in [9.17, 15) is 0 Å². The molecule has 0 atom stereocenters. The van der Waals surface area contributed by atoms with Crippen LogP contribution in [0.25, 0.3) is 0 Å². The Labute approximate surface area is 66.5 Å². The molecule has 0 saturated heterocycles. The van der Waals surface area contributed by atoms with Gasteiger partial charge in [0.15, 0.2) is 8.32 Å². The smallest absolute Gasteiger partial charge is 0.370 e. The summed E-state index contributed by atoms with van der Waals surface area (Å²) in [6, 6.07) is 0. The first kappa shape index (κ1) is 10.4. The first-order valence-electron chi connectivity index (χ1n) is 3.61. The maximum Gasteiger partial charge on any atom is 0.370 e. The molecule has 0 saturated carbocycles. The highest BCUT2D eigenvalue weighted by atomic mass is 28.4. The minimum absolute atomic E-state index is 0.773. The third-order valence-electron chi connectivity index (χ3n) is 0.798. The van der Waals surface area contributed by atoms with Gasteiger partial charge in [0.05, 0.1) is 0 Å². The van der Waals surface area contributed by atoms with E-state index in [1.165, 1.54) is 0 Å². The molecule has 0 heterocycles. The maximum atomic E-state index is 5.70. The highest BCUT2D eigenvalue weighted by Gasteiger charge is 2.20. The molecule has 4 heteroatoms. The van der Waals surface area contributed by atoms with Gasteiger partial charge in [0.2, 0.25) is 0 Å². The Bertz CT molecular complexity index is 90.2. The second kappa shape index (κ2) is 4.28. The molecule has 0 rings (SSSR count). The van der Waals surface area contributed by atoms with Gasteiger partial charge in [-0.2, -0.15) is 0 Å². The molecule has 0 unspecified atom stereocenters. The van der Waals surface area contributed by atoms with Crippen LogP contribution in [-0.2, 0) is 8.54 Å². The highest BCUT2D eigenvalue weighted by molar-refractivity contribution is 6.75. The van der Waals surface area contributed by atoms with Crippen LogP contribution in [0.3, 0.4) is 0 Å². The van der Waals surface area contributed by atoms with Crippen LogP contribution in [0.15, 0.2) is 0 Å². The van der Waals surface area contributed by atoms with Crippen molar-refractivity contribution in [3.63, 3.8) is 0 Å². The Balaban J connectivity index is 3.47.